The van der Waals surface area contributed by atoms with Crippen LogP contribution in [0, 0.1) is 0 Å². The van der Waals surface area contributed by atoms with Crippen LogP contribution in [0.4, 0.5) is 0 Å². The maximum Gasteiger partial charge on any atom is 0.313 e. The molecule has 4 heteroatoms. The van der Waals surface area contributed by atoms with E-state index in [1.165, 1.54) is 0 Å². The van der Waals surface area contributed by atoms with Crippen LogP contribution < -0.4 is 0 Å². The molecule has 0 bridgehead atoms. The van der Waals surface area contributed by atoms with Gasteiger partial charge in [-0.05, 0) is 13.8 Å². The molecule has 0 unspecified atom stereocenters. The van der Waals surface area contributed by atoms with Crippen LogP contribution >= 0.6 is 0 Å². The highest BCUT2D eigenvalue weighted by Crippen LogP contribution is 1.99. The van der Waals surface area contributed by atoms with E-state index in [0.717, 1.165) is 12.4 Å². The van der Waals surface area contributed by atoms with E-state index in [0.29, 0.717) is 6.61 Å². The van der Waals surface area contributed by atoms with Gasteiger partial charge in [-0.25, -0.2) is 4.98 Å². The predicted octanol–water partition coefficient (Wildman–Crippen LogP) is 1.01. The molecule has 0 saturated heterocycles. The van der Waals surface area contributed by atoms with Gasteiger partial charge >= 0.3 is 5.97 Å². The van der Waals surface area contributed by atoms with E-state index in [2.05, 4.69) is 4.98 Å². The minimum atomic E-state index is -0.219. The number of rotatable bonds is 4. The zero-order chi connectivity index (χ0) is 9.68. The predicted molar refractivity (Wildman–Crippen MR) is 48.2 cm³/mol. The molecule has 0 N–H and O–H groups in total. The van der Waals surface area contributed by atoms with Crippen LogP contribution in [0.2, 0.25) is 0 Å². The normalized spacial score (nSPS) is 10.0. The van der Waals surface area contributed by atoms with Crippen LogP contribution in [0.5, 0.6) is 0 Å². The monoisotopic (exact) mass is 182 g/mol. The van der Waals surface area contributed by atoms with Crippen molar-refractivity contribution in [2.75, 3.05) is 6.61 Å². The summed E-state index contributed by atoms with van der Waals surface area (Å²) in [5, 5.41) is 0. The third-order valence-corrected chi connectivity index (χ3v) is 1.75. The third kappa shape index (κ3) is 2.57. The van der Waals surface area contributed by atoms with Crippen molar-refractivity contribution >= 4 is 5.97 Å². The van der Waals surface area contributed by atoms with Gasteiger partial charge in [0.25, 0.3) is 0 Å². The molecule has 13 heavy (non-hydrogen) atoms. The number of hydrogen-bond acceptors (Lipinski definition) is 3. The van der Waals surface area contributed by atoms with Crippen molar-refractivity contribution in [3.05, 3.63) is 18.2 Å². The van der Waals surface area contributed by atoms with E-state index >= 15 is 0 Å². The topological polar surface area (TPSA) is 44.1 Å². The Kier molecular flexibility index (Phi) is 3.49. The van der Waals surface area contributed by atoms with Gasteiger partial charge in [0.05, 0.1) is 6.61 Å². The molecule has 0 fully saturated rings. The minimum Gasteiger partial charge on any atom is -0.466 e. The van der Waals surface area contributed by atoms with Gasteiger partial charge in [0.15, 0.2) is 0 Å². The highest BCUT2D eigenvalue weighted by atomic mass is 16.5. The lowest BCUT2D eigenvalue weighted by Crippen LogP contribution is -2.12. The lowest BCUT2D eigenvalue weighted by Gasteiger charge is -2.03. The fourth-order valence-corrected chi connectivity index (χ4v) is 1.14. The van der Waals surface area contributed by atoms with E-state index in [1.807, 2.05) is 17.7 Å². The zero-order valence-corrected chi connectivity index (χ0v) is 7.99. The molecule has 1 aromatic heterocycles. The van der Waals surface area contributed by atoms with E-state index in [9.17, 15) is 4.79 Å². The average molecular weight is 182 g/mol. The van der Waals surface area contributed by atoms with Gasteiger partial charge in [-0.3, -0.25) is 4.79 Å². The first-order valence-corrected chi connectivity index (χ1v) is 4.43. The number of aryl methyl sites for hydroxylation is 1. The van der Waals surface area contributed by atoms with Gasteiger partial charge in [-0.15, -0.1) is 0 Å². The standard InChI is InChI=1S/C9H14N2O2/c1-3-11-6-5-10-8(11)7-9(12)13-4-2/h5-6H,3-4,7H2,1-2H3. The highest BCUT2D eigenvalue weighted by molar-refractivity contribution is 5.71. The first-order valence-electron chi connectivity index (χ1n) is 4.43. The van der Waals surface area contributed by atoms with Gasteiger partial charge < -0.3 is 9.30 Å². The Bertz CT molecular complexity index is 281. The van der Waals surface area contributed by atoms with Crippen molar-refractivity contribution in [2.24, 2.45) is 0 Å². The molecule has 0 aromatic carbocycles. The van der Waals surface area contributed by atoms with Crippen LogP contribution in [0.15, 0.2) is 12.4 Å². The van der Waals surface area contributed by atoms with Crippen LogP contribution in [-0.2, 0) is 22.5 Å². The maximum atomic E-state index is 11.1. The number of aromatic nitrogens is 2. The molecular formula is C9H14N2O2. The highest BCUT2D eigenvalue weighted by Gasteiger charge is 2.08. The average Bonchev–Trinajstić information content (AvgIpc) is 2.52. The zero-order valence-electron chi connectivity index (χ0n) is 7.99. The second-order valence-electron chi connectivity index (χ2n) is 2.61. The Balaban J connectivity index is 2.57. The second-order valence-corrected chi connectivity index (χ2v) is 2.61. The van der Waals surface area contributed by atoms with E-state index < -0.39 is 0 Å². The molecule has 1 rings (SSSR count). The number of carbonyl (C=O) groups is 1. The van der Waals surface area contributed by atoms with Gasteiger partial charge in [0.1, 0.15) is 12.2 Å². The van der Waals surface area contributed by atoms with Crippen LogP contribution in [0.1, 0.15) is 19.7 Å². The summed E-state index contributed by atoms with van der Waals surface area (Å²) in [5.41, 5.74) is 0. The number of hydrogen-bond donors (Lipinski definition) is 0. The summed E-state index contributed by atoms with van der Waals surface area (Å²) in [6.45, 7) is 5.06. The molecule has 0 aliphatic rings. The summed E-state index contributed by atoms with van der Waals surface area (Å²) in [6, 6.07) is 0. The summed E-state index contributed by atoms with van der Waals surface area (Å²) < 4.78 is 6.75. The van der Waals surface area contributed by atoms with Crippen molar-refractivity contribution in [1.29, 1.82) is 0 Å². The summed E-state index contributed by atoms with van der Waals surface area (Å²) in [6.07, 6.45) is 3.81. The fraction of sp³-hybridized carbons (Fsp3) is 0.556. The molecule has 1 heterocycles. The van der Waals surface area contributed by atoms with Gasteiger partial charge in [0.2, 0.25) is 0 Å². The number of carbonyl (C=O) groups excluding carboxylic acids is 1. The molecule has 0 aliphatic heterocycles. The number of imidazole rings is 1. The number of esters is 1. The van der Waals surface area contributed by atoms with E-state index in [-0.39, 0.29) is 12.4 Å². The molecule has 0 atom stereocenters. The van der Waals surface area contributed by atoms with Crippen LogP contribution in [0.3, 0.4) is 0 Å². The molecule has 0 saturated carbocycles. The van der Waals surface area contributed by atoms with Gasteiger partial charge in [-0.2, -0.15) is 0 Å². The lowest BCUT2D eigenvalue weighted by molar-refractivity contribution is -0.142. The largest absolute Gasteiger partial charge is 0.466 e. The van der Waals surface area contributed by atoms with Crippen molar-refractivity contribution in [3.8, 4) is 0 Å². The van der Waals surface area contributed by atoms with Crippen molar-refractivity contribution in [3.63, 3.8) is 0 Å². The molecule has 0 aliphatic carbocycles. The fourth-order valence-electron chi connectivity index (χ4n) is 1.14. The lowest BCUT2D eigenvalue weighted by atomic mass is 10.4. The summed E-state index contributed by atoms with van der Waals surface area (Å²) >= 11 is 0. The van der Waals surface area contributed by atoms with Gasteiger partial charge in [-0.1, -0.05) is 0 Å². The Morgan fingerprint density at radius 2 is 2.38 bits per heavy atom. The summed E-state index contributed by atoms with van der Waals surface area (Å²) in [4.78, 5) is 15.2. The molecule has 72 valence electrons. The Morgan fingerprint density at radius 3 is 3.00 bits per heavy atom. The Labute approximate surface area is 77.5 Å². The van der Waals surface area contributed by atoms with Crippen LogP contribution in [0.25, 0.3) is 0 Å². The van der Waals surface area contributed by atoms with Crippen molar-refractivity contribution < 1.29 is 9.53 Å². The third-order valence-electron chi connectivity index (χ3n) is 1.75. The molecule has 1 aromatic rings. The first-order chi connectivity index (χ1) is 6.27. The van der Waals surface area contributed by atoms with E-state index in [4.69, 9.17) is 4.74 Å². The second kappa shape index (κ2) is 4.64. The molecule has 4 nitrogen and oxygen atoms in total. The SMILES string of the molecule is CCOC(=O)Cc1nccn1CC. The van der Waals surface area contributed by atoms with Crippen molar-refractivity contribution in [1.82, 2.24) is 9.55 Å². The summed E-state index contributed by atoms with van der Waals surface area (Å²) in [7, 11) is 0. The maximum absolute atomic E-state index is 11.1. The Hall–Kier alpha value is -1.32. The molecule has 0 spiro atoms. The summed E-state index contributed by atoms with van der Waals surface area (Å²) in [5.74, 6) is 0.546. The smallest absolute Gasteiger partial charge is 0.313 e. The molecular weight excluding hydrogens is 168 g/mol. The van der Waals surface area contributed by atoms with Crippen molar-refractivity contribution in [2.45, 2.75) is 26.8 Å². The molecule has 0 amide bonds. The Morgan fingerprint density at radius 1 is 1.62 bits per heavy atom. The first kappa shape index (κ1) is 9.77. The van der Waals surface area contributed by atoms with E-state index in [1.54, 1.807) is 13.1 Å². The minimum absolute atomic E-state index is 0.219. The van der Waals surface area contributed by atoms with Crippen LogP contribution in [-0.4, -0.2) is 22.1 Å². The quantitative estimate of drug-likeness (QED) is 0.653. The molecule has 0 radical (unpaired) electrons. The number of nitrogens with zero attached hydrogens (tertiary/aromatic N) is 2. The number of ether oxygens (including phenoxy) is 1. The van der Waals surface area contributed by atoms with Gasteiger partial charge in [0, 0.05) is 18.9 Å².